The van der Waals surface area contributed by atoms with Crippen LogP contribution in [0, 0.1) is 17.2 Å². The Hall–Kier alpha value is -2.07. The van der Waals surface area contributed by atoms with Crippen LogP contribution < -0.4 is 4.74 Å². The number of benzene rings is 2. The monoisotopic (exact) mass is 432 g/mol. The number of halogens is 1. The van der Waals surface area contributed by atoms with Crippen LogP contribution in [0.2, 0.25) is 5.02 Å². The topological polar surface area (TPSA) is 70.4 Å². The van der Waals surface area contributed by atoms with Crippen molar-refractivity contribution < 1.29 is 13.2 Å². The molecule has 3 rings (SSSR count). The van der Waals surface area contributed by atoms with Gasteiger partial charge in [-0.1, -0.05) is 23.7 Å². The lowest BCUT2D eigenvalue weighted by atomic mass is 10.1. The Morgan fingerprint density at radius 1 is 1.24 bits per heavy atom. The van der Waals surface area contributed by atoms with E-state index in [1.54, 1.807) is 0 Å². The van der Waals surface area contributed by atoms with Gasteiger partial charge >= 0.3 is 0 Å². The van der Waals surface area contributed by atoms with Crippen LogP contribution in [0.3, 0.4) is 0 Å². The zero-order valence-electron chi connectivity index (χ0n) is 16.6. The molecule has 154 valence electrons. The van der Waals surface area contributed by atoms with Crippen molar-refractivity contribution in [2.75, 3.05) is 18.8 Å². The van der Waals surface area contributed by atoms with Crippen LogP contribution in [0.1, 0.15) is 31.4 Å². The fourth-order valence-electron chi connectivity index (χ4n) is 3.61. The molecule has 1 heterocycles. The lowest BCUT2D eigenvalue weighted by Gasteiger charge is -2.17. The normalized spacial score (nSPS) is 17.4. The maximum Gasteiger partial charge on any atom is 0.180 e. The van der Waals surface area contributed by atoms with E-state index >= 15 is 0 Å². The molecule has 0 unspecified atom stereocenters. The van der Waals surface area contributed by atoms with Crippen LogP contribution in [0.4, 0.5) is 0 Å². The number of nitrogens with zero attached hydrogens (tertiary/aromatic N) is 2. The summed E-state index contributed by atoms with van der Waals surface area (Å²) >= 11 is 6.09. The largest absolute Gasteiger partial charge is 0.491 e. The summed E-state index contributed by atoms with van der Waals surface area (Å²) in [6.45, 7) is 6.35. The van der Waals surface area contributed by atoms with Crippen LogP contribution in [-0.2, 0) is 16.4 Å². The van der Waals surface area contributed by atoms with Gasteiger partial charge in [0, 0.05) is 13.1 Å². The van der Waals surface area contributed by atoms with E-state index in [2.05, 4.69) is 17.0 Å². The number of likely N-dealkylation sites (tertiary alicyclic amines) is 1. The molecule has 0 saturated carbocycles. The van der Waals surface area contributed by atoms with Gasteiger partial charge in [0.05, 0.1) is 33.4 Å². The summed E-state index contributed by atoms with van der Waals surface area (Å²) in [5.41, 5.74) is 1.47. The zero-order valence-corrected chi connectivity index (χ0v) is 18.2. The second-order valence-electron chi connectivity index (χ2n) is 7.74. The van der Waals surface area contributed by atoms with Gasteiger partial charge in [0.2, 0.25) is 0 Å². The van der Waals surface area contributed by atoms with Crippen molar-refractivity contribution in [3.05, 3.63) is 58.6 Å². The lowest BCUT2D eigenvalue weighted by Crippen LogP contribution is -2.23. The minimum atomic E-state index is -3.55. The van der Waals surface area contributed by atoms with E-state index in [9.17, 15) is 8.42 Å². The highest BCUT2D eigenvalue weighted by Gasteiger charge is 2.29. The molecule has 5 nitrogen and oxygen atoms in total. The van der Waals surface area contributed by atoms with Crippen molar-refractivity contribution >= 4 is 21.4 Å². The van der Waals surface area contributed by atoms with E-state index in [1.165, 1.54) is 23.8 Å². The fourth-order valence-corrected chi connectivity index (χ4v) is 5.82. The summed E-state index contributed by atoms with van der Waals surface area (Å²) in [6, 6.07) is 14.4. The van der Waals surface area contributed by atoms with Gasteiger partial charge in [-0.25, -0.2) is 8.42 Å². The standard InChI is InChI=1S/C22H25ClN2O3S/c1-16(2)28-20-6-3-17(4-7-20)13-25-10-9-19(14-25)15-29(26,27)22-11-18(12-24)5-8-21(22)23/h3-8,11,16,19H,9-10,13-15H2,1-2H3/t19-/m1/s1. The Morgan fingerprint density at radius 2 is 1.97 bits per heavy atom. The number of rotatable bonds is 7. The molecule has 0 bridgehead atoms. The van der Waals surface area contributed by atoms with Crippen molar-refractivity contribution in [3.63, 3.8) is 0 Å². The molecule has 1 atom stereocenters. The van der Waals surface area contributed by atoms with Crippen LogP contribution in [0.15, 0.2) is 47.4 Å². The Bertz CT molecular complexity index is 998. The predicted molar refractivity (Wildman–Crippen MR) is 114 cm³/mol. The summed E-state index contributed by atoms with van der Waals surface area (Å²) in [5, 5.41) is 9.20. The van der Waals surface area contributed by atoms with Crippen molar-refractivity contribution in [3.8, 4) is 11.8 Å². The smallest absolute Gasteiger partial charge is 0.180 e. The Labute approximate surface area is 177 Å². The van der Waals surface area contributed by atoms with E-state index in [0.29, 0.717) is 5.56 Å². The molecule has 2 aromatic rings. The molecule has 1 aliphatic heterocycles. The molecular formula is C22H25ClN2O3S. The van der Waals surface area contributed by atoms with Crippen molar-refractivity contribution in [1.29, 1.82) is 5.26 Å². The quantitative estimate of drug-likeness (QED) is 0.652. The molecule has 0 aromatic heterocycles. The second-order valence-corrected chi connectivity index (χ2v) is 10.1. The summed E-state index contributed by atoms with van der Waals surface area (Å²) in [5.74, 6) is 0.940. The molecule has 0 radical (unpaired) electrons. The Morgan fingerprint density at radius 3 is 2.62 bits per heavy atom. The highest BCUT2D eigenvalue weighted by atomic mass is 35.5. The number of sulfone groups is 1. The molecule has 0 spiro atoms. The first kappa shape index (κ1) is 21.6. The van der Waals surface area contributed by atoms with E-state index in [-0.39, 0.29) is 27.7 Å². The highest BCUT2D eigenvalue weighted by molar-refractivity contribution is 7.91. The SMILES string of the molecule is CC(C)Oc1ccc(CN2CC[C@@H](CS(=O)(=O)c3cc(C#N)ccc3Cl)C2)cc1. The predicted octanol–water partition coefficient (Wildman–Crippen LogP) is 4.29. The summed E-state index contributed by atoms with van der Waals surface area (Å²) in [7, 11) is -3.55. The number of hydrogen-bond donors (Lipinski definition) is 0. The van der Waals surface area contributed by atoms with Gasteiger partial charge in [0.15, 0.2) is 9.84 Å². The molecule has 2 aromatic carbocycles. The lowest BCUT2D eigenvalue weighted by molar-refractivity contribution is 0.242. The van der Waals surface area contributed by atoms with Gasteiger partial charge in [0.25, 0.3) is 0 Å². The maximum absolute atomic E-state index is 12.8. The van der Waals surface area contributed by atoms with Gasteiger partial charge in [-0.2, -0.15) is 5.26 Å². The highest BCUT2D eigenvalue weighted by Crippen LogP contribution is 2.28. The average Bonchev–Trinajstić information content (AvgIpc) is 3.09. The Kier molecular flexibility index (Phi) is 6.84. The zero-order chi connectivity index (χ0) is 21.0. The van der Waals surface area contributed by atoms with Crippen LogP contribution in [0.5, 0.6) is 5.75 Å². The summed E-state index contributed by atoms with van der Waals surface area (Å²) in [6.07, 6.45) is 0.966. The molecule has 0 amide bonds. The van der Waals surface area contributed by atoms with Crippen molar-refractivity contribution in [1.82, 2.24) is 4.90 Å². The van der Waals surface area contributed by atoms with Crippen molar-refractivity contribution in [2.45, 2.75) is 37.8 Å². The third-order valence-corrected chi connectivity index (χ3v) is 7.28. The van der Waals surface area contributed by atoms with E-state index in [4.69, 9.17) is 21.6 Å². The molecule has 1 saturated heterocycles. The van der Waals surface area contributed by atoms with Gasteiger partial charge < -0.3 is 4.74 Å². The van der Waals surface area contributed by atoms with Gasteiger partial charge in [0.1, 0.15) is 5.75 Å². The average molecular weight is 433 g/mol. The van der Waals surface area contributed by atoms with E-state index < -0.39 is 9.84 Å². The fraction of sp³-hybridized carbons (Fsp3) is 0.409. The summed E-state index contributed by atoms with van der Waals surface area (Å²) < 4.78 is 31.4. The van der Waals surface area contributed by atoms with Crippen LogP contribution >= 0.6 is 11.6 Å². The van der Waals surface area contributed by atoms with Gasteiger partial charge in [-0.15, -0.1) is 0 Å². The molecule has 0 aliphatic carbocycles. The van der Waals surface area contributed by atoms with Crippen LogP contribution in [-0.4, -0.2) is 38.3 Å². The third kappa shape index (κ3) is 5.72. The van der Waals surface area contributed by atoms with E-state index in [1.807, 2.05) is 32.0 Å². The van der Waals surface area contributed by atoms with Gasteiger partial charge in [-0.05, 0) is 68.6 Å². The number of ether oxygens (including phenoxy) is 1. The van der Waals surface area contributed by atoms with Crippen LogP contribution in [0.25, 0.3) is 0 Å². The minimum Gasteiger partial charge on any atom is -0.491 e. The first-order valence-electron chi connectivity index (χ1n) is 9.67. The van der Waals surface area contributed by atoms with Crippen molar-refractivity contribution in [2.24, 2.45) is 5.92 Å². The number of nitriles is 1. The third-order valence-electron chi connectivity index (χ3n) is 4.92. The number of hydrogen-bond acceptors (Lipinski definition) is 5. The molecule has 0 N–H and O–H groups in total. The molecule has 7 heteroatoms. The summed E-state index contributed by atoms with van der Waals surface area (Å²) in [4.78, 5) is 2.32. The van der Waals surface area contributed by atoms with Gasteiger partial charge in [-0.3, -0.25) is 4.90 Å². The second kappa shape index (κ2) is 9.17. The Balaban J connectivity index is 1.60. The molecule has 1 aliphatic rings. The minimum absolute atomic E-state index is 0.0409. The molecule has 1 fully saturated rings. The first-order valence-corrected chi connectivity index (χ1v) is 11.7. The van der Waals surface area contributed by atoms with E-state index in [0.717, 1.165) is 31.8 Å². The molecular weight excluding hydrogens is 408 g/mol. The first-order chi connectivity index (χ1) is 13.8. The maximum atomic E-state index is 12.8. The molecule has 29 heavy (non-hydrogen) atoms.